The van der Waals surface area contributed by atoms with Gasteiger partial charge in [0.25, 0.3) is 5.69 Å². The van der Waals surface area contributed by atoms with E-state index in [0.717, 1.165) is 12.1 Å². The number of alkyl halides is 4. The molecule has 0 radical (unpaired) electrons. The SMILES string of the molecule is O=[N+]([O-])c1ccc(Nn2c(O)c3c(c2O)[C@@]2(Cl)C(Cl)=C(Cl)[C@]3(Cl)C2(Cl)Cl)c([N+](=O)[O-])c1. The number of nitrogens with one attached hydrogen (secondary N) is 1. The van der Waals surface area contributed by atoms with Crippen molar-refractivity contribution in [2.24, 2.45) is 0 Å². The number of hydrogen-bond acceptors (Lipinski definition) is 7. The second-order valence-corrected chi connectivity index (χ2v) is 9.80. The lowest BCUT2D eigenvalue weighted by molar-refractivity contribution is -0.393. The summed E-state index contributed by atoms with van der Waals surface area (Å²) in [5.74, 6) is -1.55. The second kappa shape index (κ2) is 6.60. The van der Waals surface area contributed by atoms with Crippen LogP contribution in [0.25, 0.3) is 0 Å². The molecule has 4 rings (SSSR count). The number of nitro benzene ring substituents is 2. The number of allylic oxidation sites excluding steroid dienone is 2. The van der Waals surface area contributed by atoms with Gasteiger partial charge in [-0.25, -0.2) is 0 Å². The summed E-state index contributed by atoms with van der Waals surface area (Å²) in [4.78, 5) is 16.5. The van der Waals surface area contributed by atoms with Crippen molar-refractivity contribution in [2.75, 3.05) is 5.43 Å². The van der Waals surface area contributed by atoms with E-state index in [1.54, 1.807) is 0 Å². The van der Waals surface area contributed by atoms with Gasteiger partial charge in [0.05, 0.1) is 37.1 Å². The van der Waals surface area contributed by atoms with E-state index < -0.39 is 47.1 Å². The summed E-state index contributed by atoms with van der Waals surface area (Å²) in [6, 6.07) is 2.68. The second-order valence-electron chi connectivity index (χ2n) is 6.58. The van der Waals surface area contributed by atoms with E-state index in [-0.39, 0.29) is 26.9 Å². The molecule has 0 saturated carbocycles. The summed E-state index contributed by atoms with van der Waals surface area (Å²) >= 11 is 38.3. The molecule has 0 saturated heterocycles. The Morgan fingerprint density at radius 2 is 1.39 bits per heavy atom. The molecule has 31 heavy (non-hydrogen) atoms. The Labute approximate surface area is 201 Å². The van der Waals surface area contributed by atoms with Crippen LogP contribution in [0.5, 0.6) is 11.8 Å². The number of nitrogens with zero attached hydrogens (tertiary/aromatic N) is 3. The maximum absolute atomic E-state index is 11.4. The van der Waals surface area contributed by atoms with Gasteiger partial charge in [0, 0.05) is 6.07 Å². The number of fused-ring (bicyclic) bond motifs is 5. The minimum Gasteiger partial charge on any atom is -0.493 e. The van der Waals surface area contributed by atoms with Crippen LogP contribution in [0.4, 0.5) is 17.1 Å². The number of aromatic hydroxyl groups is 2. The Kier molecular flexibility index (Phi) is 4.76. The summed E-state index contributed by atoms with van der Waals surface area (Å²) in [6.07, 6.45) is 0. The molecule has 0 amide bonds. The highest BCUT2D eigenvalue weighted by Crippen LogP contribution is 2.80. The highest BCUT2D eigenvalue weighted by molar-refractivity contribution is 6.65. The van der Waals surface area contributed by atoms with E-state index in [0.29, 0.717) is 10.7 Å². The predicted molar refractivity (Wildman–Crippen MR) is 115 cm³/mol. The third-order valence-corrected chi connectivity index (χ3v) is 9.17. The predicted octanol–water partition coefficient (Wildman–Crippen LogP) is 5.35. The Balaban J connectivity index is 1.91. The van der Waals surface area contributed by atoms with Crippen LogP contribution < -0.4 is 5.43 Å². The van der Waals surface area contributed by atoms with Crippen molar-refractivity contribution in [3.63, 3.8) is 0 Å². The maximum Gasteiger partial charge on any atom is 0.300 e. The molecule has 1 heterocycles. The number of anilines is 1. The molecular weight excluding hydrogens is 545 g/mol. The van der Waals surface area contributed by atoms with Crippen LogP contribution in [0.1, 0.15) is 11.1 Å². The zero-order valence-corrected chi connectivity index (χ0v) is 18.9. The molecule has 2 aromatic rings. The van der Waals surface area contributed by atoms with Gasteiger partial charge in [-0.3, -0.25) is 25.7 Å². The summed E-state index contributed by atoms with van der Waals surface area (Å²) in [5.41, 5.74) is 0.278. The van der Waals surface area contributed by atoms with Gasteiger partial charge in [-0.2, -0.15) is 4.68 Å². The molecule has 2 atom stereocenters. The largest absolute Gasteiger partial charge is 0.493 e. The molecule has 2 aliphatic carbocycles. The number of non-ortho nitro benzene ring substituents is 1. The van der Waals surface area contributed by atoms with Crippen molar-refractivity contribution in [1.29, 1.82) is 0 Å². The van der Waals surface area contributed by atoms with Crippen LogP contribution in [0.2, 0.25) is 0 Å². The number of rotatable bonds is 4. The molecule has 164 valence electrons. The monoisotopic (exact) mass is 548 g/mol. The molecule has 0 fully saturated rings. The molecular formula is C15H6Cl6N4O6. The van der Waals surface area contributed by atoms with Crippen molar-refractivity contribution < 1.29 is 20.1 Å². The molecule has 2 aliphatic rings. The first-order valence-corrected chi connectivity index (χ1v) is 10.2. The molecule has 1 aromatic carbocycles. The Bertz CT molecular complexity index is 1190. The molecule has 2 bridgehead atoms. The van der Waals surface area contributed by atoms with Crippen molar-refractivity contribution in [2.45, 2.75) is 14.1 Å². The summed E-state index contributed by atoms with van der Waals surface area (Å²) < 4.78 is -1.51. The van der Waals surface area contributed by atoms with Gasteiger partial charge in [-0.05, 0) is 6.07 Å². The van der Waals surface area contributed by atoms with Gasteiger partial charge in [0.2, 0.25) is 11.8 Å². The Hall–Kier alpha value is -1.82. The fraction of sp³-hybridized carbons (Fsp3) is 0.200. The van der Waals surface area contributed by atoms with Crippen molar-refractivity contribution in [3.05, 3.63) is 59.6 Å². The van der Waals surface area contributed by atoms with Crippen LogP contribution in [0.15, 0.2) is 28.3 Å². The third kappa shape index (κ3) is 2.43. The first kappa shape index (κ1) is 22.4. The average Bonchev–Trinajstić information content (AvgIpc) is 3.06. The molecule has 0 spiro atoms. The molecule has 16 heteroatoms. The van der Waals surface area contributed by atoms with Gasteiger partial charge >= 0.3 is 5.69 Å². The van der Waals surface area contributed by atoms with E-state index >= 15 is 0 Å². The number of halogens is 6. The normalized spacial score (nSPS) is 25.6. The summed E-state index contributed by atoms with van der Waals surface area (Å²) in [7, 11) is 0. The fourth-order valence-electron chi connectivity index (χ4n) is 3.65. The Morgan fingerprint density at radius 1 is 0.903 bits per heavy atom. The number of aromatic nitrogens is 1. The molecule has 0 aliphatic heterocycles. The minimum atomic E-state index is -2.12. The number of hydrogen-bond donors (Lipinski definition) is 3. The van der Waals surface area contributed by atoms with Crippen LogP contribution in [0, 0.1) is 20.2 Å². The van der Waals surface area contributed by atoms with E-state index in [1.807, 2.05) is 0 Å². The quantitative estimate of drug-likeness (QED) is 0.264. The van der Waals surface area contributed by atoms with E-state index in [2.05, 4.69) is 5.43 Å². The lowest BCUT2D eigenvalue weighted by atomic mass is 10.00. The van der Waals surface area contributed by atoms with Crippen molar-refractivity contribution >= 4 is 86.7 Å². The molecule has 0 unspecified atom stereocenters. The van der Waals surface area contributed by atoms with Crippen LogP contribution >= 0.6 is 69.6 Å². The zero-order valence-electron chi connectivity index (χ0n) is 14.4. The molecule has 10 nitrogen and oxygen atoms in total. The maximum atomic E-state index is 11.4. The standard InChI is InChI=1S/C15H6Cl6N4O6/c16-9-10(17)14(19)8-7(13(9,18)15(14,20)21)11(26)23(12(8)27)22-5-2-1-4(24(28)29)3-6(5)25(30)31/h1-3,22,26-27H/t13-,14+. The number of nitro groups is 2. The highest BCUT2D eigenvalue weighted by atomic mass is 35.5. The topological polar surface area (TPSA) is 144 Å². The van der Waals surface area contributed by atoms with Crippen molar-refractivity contribution in [3.8, 4) is 11.8 Å². The van der Waals surface area contributed by atoms with Crippen LogP contribution in [-0.4, -0.2) is 29.1 Å². The van der Waals surface area contributed by atoms with Gasteiger partial charge < -0.3 is 10.2 Å². The minimum absolute atomic E-state index is 0.266. The highest BCUT2D eigenvalue weighted by Gasteiger charge is 2.80. The Morgan fingerprint density at radius 3 is 1.81 bits per heavy atom. The molecule has 3 N–H and O–H groups in total. The number of benzene rings is 1. The summed E-state index contributed by atoms with van der Waals surface area (Å²) in [6.45, 7) is 0. The van der Waals surface area contributed by atoms with Gasteiger partial charge in [0.1, 0.15) is 15.4 Å². The third-order valence-electron chi connectivity index (χ3n) is 5.09. The van der Waals surface area contributed by atoms with Gasteiger partial charge in [0.15, 0.2) is 4.33 Å². The smallest absolute Gasteiger partial charge is 0.300 e. The van der Waals surface area contributed by atoms with Crippen molar-refractivity contribution in [1.82, 2.24) is 4.68 Å². The lowest BCUT2D eigenvalue weighted by Gasteiger charge is -2.32. The van der Waals surface area contributed by atoms with Crippen LogP contribution in [-0.2, 0) is 9.75 Å². The van der Waals surface area contributed by atoms with Gasteiger partial charge in [-0.15, -0.1) is 23.2 Å². The van der Waals surface area contributed by atoms with Crippen LogP contribution in [0.3, 0.4) is 0 Å². The average molecular weight is 551 g/mol. The summed E-state index contributed by atoms with van der Waals surface area (Å²) in [5, 5.41) is 43.3. The van der Waals surface area contributed by atoms with E-state index in [4.69, 9.17) is 69.6 Å². The zero-order chi connectivity index (χ0) is 23.3. The first-order valence-electron chi connectivity index (χ1n) is 7.92. The lowest BCUT2D eigenvalue weighted by Crippen LogP contribution is -2.40. The molecule has 1 aromatic heterocycles. The first-order chi connectivity index (χ1) is 14.2. The van der Waals surface area contributed by atoms with E-state index in [1.165, 1.54) is 0 Å². The van der Waals surface area contributed by atoms with E-state index in [9.17, 15) is 30.4 Å². The fourth-order valence-corrected chi connectivity index (χ4v) is 6.34. The van der Waals surface area contributed by atoms with Gasteiger partial charge in [-0.1, -0.05) is 46.4 Å².